The van der Waals surface area contributed by atoms with E-state index in [4.69, 9.17) is 5.11 Å². The lowest BCUT2D eigenvalue weighted by Gasteiger charge is -2.20. The van der Waals surface area contributed by atoms with Crippen molar-refractivity contribution in [1.82, 2.24) is 4.57 Å². The summed E-state index contributed by atoms with van der Waals surface area (Å²) in [6.07, 6.45) is 7.66. The van der Waals surface area contributed by atoms with Crippen LogP contribution in [0.5, 0.6) is 0 Å². The molecule has 5 heteroatoms. The minimum absolute atomic E-state index is 0. The first kappa shape index (κ1) is 21.1. The Labute approximate surface area is 124 Å². The highest BCUT2D eigenvalue weighted by Gasteiger charge is 2.14. The van der Waals surface area contributed by atoms with Gasteiger partial charge in [-0.05, 0) is 25.5 Å². The second kappa shape index (κ2) is 12.8. The Hall–Kier alpha value is -1.23. The average molecular weight is 280 g/mol. The molecular weight excluding hydrogens is 253 g/mol. The van der Waals surface area contributed by atoms with Gasteiger partial charge < -0.3 is 14.8 Å². The lowest BCUT2D eigenvalue weighted by Crippen LogP contribution is -2.21. The van der Waals surface area contributed by atoms with Gasteiger partial charge >= 0.3 is 5.97 Å². The summed E-state index contributed by atoms with van der Waals surface area (Å²) in [6.45, 7) is 6.62. The Balaban J connectivity index is 0. The molecule has 3 radical (unpaired) electrons. The van der Waals surface area contributed by atoms with E-state index in [1.54, 1.807) is 6.92 Å². The molecule has 0 saturated carbocycles. The predicted molar refractivity (Wildman–Crippen MR) is 82.8 cm³/mol. The van der Waals surface area contributed by atoms with E-state index in [0.717, 1.165) is 13.0 Å². The second-order valence-corrected chi connectivity index (χ2v) is 4.77. The van der Waals surface area contributed by atoms with E-state index in [2.05, 4.69) is 23.9 Å². The van der Waals surface area contributed by atoms with Crippen LogP contribution in [-0.2, 0) is 11.3 Å². The zero-order valence-corrected chi connectivity index (χ0v) is 12.8. The first-order valence-electron chi connectivity index (χ1n) is 7.01. The number of aliphatic carboxylic acids is 1. The maximum absolute atomic E-state index is 9.62. The standard InChI is InChI=1S/C12H21NO.C3H6O2.B/c1-3-4-7-12(11(2)14)10-13-8-5-6-9-13;1-2-3(4)5;/h5-6,8-9,11-12,14H,3-4,7,10H2,1-2H3;2H2,1H3,(H,4,5);/t11-,12+;;/m1../s1. The molecule has 0 saturated heterocycles. The van der Waals surface area contributed by atoms with E-state index < -0.39 is 5.97 Å². The van der Waals surface area contributed by atoms with Crippen LogP contribution in [0.2, 0.25) is 0 Å². The van der Waals surface area contributed by atoms with Crippen LogP contribution in [-0.4, -0.2) is 35.3 Å². The van der Waals surface area contributed by atoms with Gasteiger partial charge in [0.05, 0.1) is 6.10 Å². The average Bonchev–Trinajstić information content (AvgIpc) is 2.87. The number of aromatic nitrogens is 1. The third-order valence-corrected chi connectivity index (χ3v) is 3.02. The van der Waals surface area contributed by atoms with Crippen LogP contribution >= 0.6 is 0 Å². The molecule has 4 nitrogen and oxygen atoms in total. The number of nitrogens with zero attached hydrogens (tertiary/aromatic N) is 1. The maximum Gasteiger partial charge on any atom is 0.303 e. The molecule has 1 aromatic heterocycles. The van der Waals surface area contributed by atoms with E-state index in [9.17, 15) is 9.90 Å². The highest BCUT2D eigenvalue weighted by atomic mass is 16.4. The van der Waals surface area contributed by atoms with E-state index in [0.29, 0.717) is 5.92 Å². The largest absolute Gasteiger partial charge is 0.481 e. The Kier molecular flexibility index (Phi) is 13.5. The molecule has 0 aliphatic carbocycles. The van der Waals surface area contributed by atoms with Crippen LogP contribution in [0.4, 0.5) is 0 Å². The zero-order chi connectivity index (χ0) is 14.7. The van der Waals surface area contributed by atoms with E-state index in [1.165, 1.54) is 12.8 Å². The lowest BCUT2D eigenvalue weighted by atomic mass is 9.97. The number of rotatable bonds is 7. The molecule has 2 atom stereocenters. The van der Waals surface area contributed by atoms with Gasteiger partial charge in [-0.25, -0.2) is 0 Å². The van der Waals surface area contributed by atoms with Crippen molar-refractivity contribution in [2.45, 2.75) is 59.1 Å². The van der Waals surface area contributed by atoms with Crippen molar-refractivity contribution < 1.29 is 15.0 Å². The molecule has 1 aromatic rings. The van der Waals surface area contributed by atoms with Gasteiger partial charge in [-0.15, -0.1) is 0 Å². The van der Waals surface area contributed by atoms with Crippen LogP contribution in [0, 0.1) is 5.92 Å². The highest BCUT2D eigenvalue weighted by Crippen LogP contribution is 2.15. The zero-order valence-electron chi connectivity index (χ0n) is 12.8. The predicted octanol–water partition coefficient (Wildman–Crippen LogP) is 2.78. The first-order chi connectivity index (χ1) is 9.01. The molecule has 1 rings (SSSR count). The minimum atomic E-state index is -0.745. The third kappa shape index (κ3) is 10.7. The minimum Gasteiger partial charge on any atom is -0.481 e. The summed E-state index contributed by atoms with van der Waals surface area (Å²) >= 11 is 0. The molecule has 0 amide bonds. The van der Waals surface area contributed by atoms with Crippen LogP contribution in [0.15, 0.2) is 24.5 Å². The van der Waals surface area contributed by atoms with Gasteiger partial charge in [0.1, 0.15) is 0 Å². The SMILES string of the molecule is CCC(=O)O.CCCC[C@@H](Cn1cccc1)[C@@H](C)O.[B]. The van der Waals surface area contributed by atoms with Crippen molar-refractivity contribution in [1.29, 1.82) is 0 Å². The number of aliphatic hydroxyl groups is 1. The molecular formula is C15H27BNO3. The highest BCUT2D eigenvalue weighted by molar-refractivity contribution is 5.75. The fourth-order valence-electron chi connectivity index (χ4n) is 1.71. The molecule has 2 N–H and O–H groups in total. The maximum atomic E-state index is 9.62. The summed E-state index contributed by atoms with van der Waals surface area (Å²) in [5, 5.41) is 17.3. The van der Waals surface area contributed by atoms with Crippen LogP contribution in [0.3, 0.4) is 0 Å². The Morgan fingerprint density at radius 1 is 1.25 bits per heavy atom. The van der Waals surface area contributed by atoms with Gasteiger partial charge in [-0.2, -0.15) is 0 Å². The number of carboxylic acid groups (broad SMARTS) is 1. The first-order valence-corrected chi connectivity index (χ1v) is 7.01. The molecule has 1 heterocycles. The third-order valence-electron chi connectivity index (χ3n) is 3.02. The van der Waals surface area contributed by atoms with Crippen molar-refractivity contribution in [2.24, 2.45) is 5.92 Å². The molecule has 0 bridgehead atoms. The fraction of sp³-hybridized carbons (Fsp3) is 0.667. The molecule has 0 fully saturated rings. The normalized spacial score (nSPS) is 12.6. The molecule has 0 aromatic carbocycles. The van der Waals surface area contributed by atoms with Gasteiger partial charge in [0.15, 0.2) is 0 Å². The molecule has 113 valence electrons. The van der Waals surface area contributed by atoms with Gasteiger partial charge in [0, 0.05) is 39.7 Å². The Morgan fingerprint density at radius 3 is 2.10 bits per heavy atom. The summed E-state index contributed by atoms with van der Waals surface area (Å²) < 4.78 is 2.15. The quantitative estimate of drug-likeness (QED) is 0.755. The molecule has 0 aliphatic heterocycles. The van der Waals surface area contributed by atoms with Gasteiger partial charge in [0.25, 0.3) is 0 Å². The van der Waals surface area contributed by atoms with Gasteiger partial charge in [-0.3, -0.25) is 4.79 Å². The monoisotopic (exact) mass is 280 g/mol. The molecule has 0 spiro atoms. The van der Waals surface area contributed by atoms with Crippen LogP contribution in [0.1, 0.15) is 46.5 Å². The van der Waals surface area contributed by atoms with Crippen molar-refractivity contribution in [2.75, 3.05) is 0 Å². The number of carbonyl (C=O) groups is 1. The number of unbranched alkanes of at least 4 members (excludes halogenated alkanes) is 1. The number of aliphatic hydroxyl groups excluding tert-OH is 1. The molecule has 20 heavy (non-hydrogen) atoms. The number of hydrogen-bond acceptors (Lipinski definition) is 2. The van der Waals surface area contributed by atoms with Gasteiger partial charge in [-0.1, -0.05) is 26.7 Å². The van der Waals surface area contributed by atoms with E-state index >= 15 is 0 Å². The van der Waals surface area contributed by atoms with E-state index in [-0.39, 0.29) is 20.9 Å². The van der Waals surface area contributed by atoms with Crippen molar-refractivity contribution in [3.05, 3.63) is 24.5 Å². The Morgan fingerprint density at radius 2 is 1.75 bits per heavy atom. The van der Waals surface area contributed by atoms with Crippen molar-refractivity contribution >= 4 is 14.4 Å². The van der Waals surface area contributed by atoms with Gasteiger partial charge in [0.2, 0.25) is 0 Å². The summed E-state index contributed by atoms with van der Waals surface area (Å²) in [5.41, 5.74) is 0. The summed E-state index contributed by atoms with van der Waals surface area (Å²) in [4.78, 5) is 9.37. The Bertz CT molecular complexity index is 326. The van der Waals surface area contributed by atoms with Crippen molar-refractivity contribution in [3.63, 3.8) is 0 Å². The smallest absolute Gasteiger partial charge is 0.303 e. The second-order valence-electron chi connectivity index (χ2n) is 4.77. The number of carboxylic acids is 1. The topological polar surface area (TPSA) is 62.5 Å². The van der Waals surface area contributed by atoms with Crippen LogP contribution in [0.25, 0.3) is 0 Å². The fourth-order valence-corrected chi connectivity index (χ4v) is 1.71. The molecule has 0 aliphatic rings. The van der Waals surface area contributed by atoms with Crippen LogP contribution < -0.4 is 0 Å². The lowest BCUT2D eigenvalue weighted by molar-refractivity contribution is -0.136. The number of hydrogen-bond donors (Lipinski definition) is 2. The summed E-state index contributed by atoms with van der Waals surface area (Å²) in [7, 11) is 0. The van der Waals surface area contributed by atoms with Crippen molar-refractivity contribution in [3.8, 4) is 0 Å². The summed E-state index contributed by atoms with van der Waals surface area (Å²) in [5.74, 6) is -0.354. The molecule has 0 unspecified atom stereocenters. The summed E-state index contributed by atoms with van der Waals surface area (Å²) in [6, 6.07) is 4.05. The van der Waals surface area contributed by atoms with E-state index in [1.807, 2.05) is 19.1 Å².